The van der Waals surface area contributed by atoms with Crippen LogP contribution in [0.4, 0.5) is 8.78 Å². The third-order valence-electron chi connectivity index (χ3n) is 2.93. The van der Waals surface area contributed by atoms with Crippen molar-refractivity contribution in [3.05, 3.63) is 47.7 Å². The van der Waals surface area contributed by atoms with Crippen LogP contribution in [0.2, 0.25) is 0 Å². The van der Waals surface area contributed by atoms with Crippen molar-refractivity contribution in [3.8, 4) is 11.3 Å². The first kappa shape index (κ1) is 13.7. The van der Waals surface area contributed by atoms with E-state index in [0.29, 0.717) is 17.4 Å². The van der Waals surface area contributed by atoms with E-state index in [1.54, 1.807) is 6.07 Å². The molecule has 19 heavy (non-hydrogen) atoms. The van der Waals surface area contributed by atoms with Crippen molar-refractivity contribution in [2.75, 3.05) is 6.54 Å². The van der Waals surface area contributed by atoms with Crippen LogP contribution in [0, 0.1) is 11.6 Å². The number of benzene rings is 1. The first-order chi connectivity index (χ1) is 9.10. The van der Waals surface area contributed by atoms with Gasteiger partial charge in [0.05, 0.1) is 0 Å². The number of hydrogen-bond acceptors (Lipinski definition) is 2. The van der Waals surface area contributed by atoms with Gasteiger partial charge in [0.2, 0.25) is 0 Å². The molecule has 0 spiro atoms. The normalized spacial score (nSPS) is 12.6. The van der Waals surface area contributed by atoms with Gasteiger partial charge < -0.3 is 9.73 Å². The van der Waals surface area contributed by atoms with Crippen LogP contribution in [0.15, 0.2) is 34.7 Å². The molecule has 1 N–H and O–H groups in total. The summed E-state index contributed by atoms with van der Waals surface area (Å²) in [4.78, 5) is 0. The van der Waals surface area contributed by atoms with Crippen molar-refractivity contribution < 1.29 is 13.2 Å². The summed E-state index contributed by atoms with van der Waals surface area (Å²) < 4.78 is 31.7. The minimum Gasteiger partial charge on any atom is -0.461 e. The number of furan rings is 1. The number of halogens is 2. The van der Waals surface area contributed by atoms with E-state index >= 15 is 0 Å². The van der Waals surface area contributed by atoms with E-state index in [2.05, 4.69) is 12.2 Å². The number of likely N-dealkylation sites (N-methyl/N-ethyl adjacent to an activating group) is 1. The van der Waals surface area contributed by atoms with Crippen molar-refractivity contribution in [1.82, 2.24) is 5.32 Å². The van der Waals surface area contributed by atoms with Crippen molar-refractivity contribution in [2.24, 2.45) is 0 Å². The zero-order valence-electron chi connectivity index (χ0n) is 11.0. The van der Waals surface area contributed by atoms with Crippen LogP contribution in [-0.2, 0) is 6.42 Å². The predicted octanol–water partition coefficient (Wildman–Crippen LogP) is 3.77. The lowest BCUT2D eigenvalue weighted by atomic mass is 10.1. The fourth-order valence-corrected chi connectivity index (χ4v) is 2.01. The molecule has 1 aromatic heterocycles. The lowest BCUT2D eigenvalue weighted by molar-refractivity contribution is 0.469. The van der Waals surface area contributed by atoms with E-state index in [-0.39, 0.29) is 0 Å². The standard InChI is InChI=1S/C15H17F2NO/c1-3-18-10(2)8-12-5-7-15(19-12)11-4-6-13(16)14(17)9-11/h4-7,9-10,18H,3,8H2,1-2H3. The zero-order valence-corrected chi connectivity index (χ0v) is 11.0. The molecule has 1 heterocycles. The summed E-state index contributed by atoms with van der Waals surface area (Å²) in [6.45, 7) is 5.02. The summed E-state index contributed by atoms with van der Waals surface area (Å²) in [5, 5.41) is 3.29. The maximum absolute atomic E-state index is 13.2. The van der Waals surface area contributed by atoms with Gasteiger partial charge in [-0.25, -0.2) is 8.78 Å². The summed E-state index contributed by atoms with van der Waals surface area (Å²) >= 11 is 0. The van der Waals surface area contributed by atoms with Gasteiger partial charge in [-0.05, 0) is 43.8 Å². The first-order valence-electron chi connectivity index (χ1n) is 6.37. The fraction of sp³-hybridized carbons (Fsp3) is 0.333. The molecule has 1 atom stereocenters. The average Bonchev–Trinajstić information content (AvgIpc) is 2.81. The Morgan fingerprint density at radius 3 is 2.63 bits per heavy atom. The van der Waals surface area contributed by atoms with Crippen LogP contribution in [-0.4, -0.2) is 12.6 Å². The molecule has 0 aliphatic carbocycles. The smallest absolute Gasteiger partial charge is 0.159 e. The average molecular weight is 265 g/mol. The lowest BCUT2D eigenvalue weighted by Crippen LogP contribution is -2.27. The highest BCUT2D eigenvalue weighted by Crippen LogP contribution is 2.24. The van der Waals surface area contributed by atoms with E-state index < -0.39 is 11.6 Å². The highest BCUT2D eigenvalue weighted by molar-refractivity contribution is 5.57. The Morgan fingerprint density at radius 2 is 1.95 bits per heavy atom. The van der Waals surface area contributed by atoms with Crippen LogP contribution in [0.1, 0.15) is 19.6 Å². The van der Waals surface area contributed by atoms with Gasteiger partial charge in [-0.3, -0.25) is 0 Å². The van der Waals surface area contributed by atoms with Crippen LogP contribution in [0.3, 0.4) is 0 Å². The van der Waals surface area contributed by atoms with Gasteiger partial charge in [0.25, 0.3) is 0 Å². The number of nitrogens with one attached hydrogen (secondary N) is 1. The minimum absolute atomic E-state index is 0.314. The highest BCUT2D eigenvalue weighted by Gasteiger charge is 2.10. The Balaban J connectivity index is 2.14. The summed E-state index contributed by atoms with van der Waals surface area (Å²) in [5.74, 6) is -0.335. The maximum Gasteiger partial charge on any atom is 0.159 e. The van der Waals surface area contributed by atoms with Gasteiger partial charge in [0.1, 0.15) is 11.5 Å². The molecule has 2 aromatic rings. The topological polar surface area (TPSA) is 25.2 Å². The third kappa shape index (κ3) is 3.41. The second-order valence-corrected chi connectivity index (χ2v) is 4.56. The molecule has 4 heteroatoms. The molecule has 2 nitrogen and oxygen atoms in total. The molecule has 0 saturated carbocycles. The van der Waals surface area contributed by atoms with Crippen LogP contribution < -0.4 is 5.32 Å². The minimum atomic E-state index is -0.864. The second-order valence-electron chi connectivity index (χ2n) is 4.56. The quantitative estimate of drug-likeness (QED) is 0.890. The SMILES string of the molecule is CCNC(C)Cc1ccc(-c2ccc(F)c(F)c2)o1. The molecule has 0 saturated heterocycles. The molecule has 0 fully saturated rings. The van der Waals surface area contributed by atoms with Crippen molar-refractivity contribution in [2.45, 2.75) is 26.3 Å². The predicted molar refractivity (Wildman–Crippen MR) is 70.9 cm³/mol. The zero-order chi connectivity index (χ0) is 13.8. The molecular weight excluding hydrogens is 248 g/mol. The molecule has 2 rings (SSSR count). The third-order valence-corrected chi connectivity index (χ3v) is 2.93. The molecule has 102 valence electrons. The van der Waals surface area contributed by atoms with E-state index in [0.717, 1.165) is 30.9 Å². The van der Waals surface area contributed by atoms with Gasteiger partial charge in [0.15, 0.2) is 11.6 Å². The maximum atomic E-state index is 13.2. The second kappa shape index (κ2) is 5.97. The van der Waals surface area contributed by atoms with Crippen LogP contribution in [0.25, 0.3) is 11.3 Å². The van der Waals surface area contributed by atoms with E-state index in [4.69, 9.17) is 4.42 Å². The van der Waals surface area contributed by atoms with Gasteiger partial charge in [-0.15, -0.1) is 0 Å². The largest absolute Gasteiger partial charge is 0.461 e. The first-order valence-corrected chi connectivity index (χ1v) is 6.37. The Morgan fingerprint density at radius 1 is 1.16 bits per heavy atom. The number of hydrogen-bond donors (Lipinski definition) is 1. The van der Waals surface area contributed by atoms with Gasteiger partial charge in [0, 0.05) is 18.0 Å². The molecule has 0 aliphatic rings. The molecule has 0 amide bonds. The van der Waals surface area contributed by atoms with E-state index in [9.17, 15) is 8.78 Å². The lowest BCUT2D eigenvalue weighted by Gasteiger charge is -2.09. The van der Waals surface area contributed by atoms with E-state index in [1.165, 1.54) is 6.07 Å². The van der Waals surface area contributed by atoms with Crippen LogP contribution >= 0.6 is 0 Å². The van der Waals surface area contributed by atoms with Crippen molar-refractivity contribution in [3.63, 3.8) is 0 Å². The summed E-state index contributed by atoms with van der Waals surface area (Å²) in [7, 11) is 0. The van der Waals surface area contributed by atoms with Gasteiger partial charge in [-0.1, -0.05) is 6.92 Å². The summed E-state index contributed by atoms with van der Waals surface area (Å²) in [6, 6.07) is 7.72. The molecule has 0 aliphatic heterocycles. The Bertz CT molecular complexity index is 551. The summed E-state index contributed by atoms with van der Waals surface area (Å²) in [6.07, 6.45) is 0.761. The Kier molecular flexibility index (Phi) is 4.32. The molecule has 1 unspecified atom stereocenters. The monoisotopic (exact) mass is 265 g/mol. The fourth-order valence-electron chi connectivity index (χ4n) is 2.01. The van der Waals surface area contributed by atoms with E-state index in [1.807, 2.05) is 13.0 Å². The van der Waals surface area contributed by atoms with Gasteiger partial charge >= 0.3 is 0 Å². The van der Waals surface area contributed by atoms with Crippen molar-refractivity contribution in [1.29, 1.82) is 0 Å². The molecule has 1 aromatic carbocycles. The Labute approximate surface area is 111 Å². The molecular formula is C15H17F2NO. The molecule has 0 bridgehead atoms. The van der Waals surface area contributed by atoms with Crippen LogP contribution in [0.5, 0.6) is 0 Å². The molecule has 0 radical (unpaired) electrons. The van der Waals surface area contributed by atoms with Crippen molar-refractivity contribution >= 4 is 0 Å². The number of rotatable bonds is 5. The Hall–Kier alpha value is -1.68. The highest BCUT2D eigenvalue weighted by atomic mass is 19.2. The summed E-state index contributed by atoms with van der Waals surface area (Å²) in [5.41, 5.74) is 0.543. The van der Waals surface area contributed by atoms with Gasteiger partial charge in [-0.2, -0.15) is 0 Å².